The minimum Gasteiger partial charge on any atom is -0.361 e. The lowest BCUT2D eigenvalue weighted by Crippen LogP contribution is -2.43. The molecule has 2 heterocycles. The average molecular weight is 195 g/mol. The standard InChI is InChI=1S/C10H17N3O/c1-8-9(6-13-14-8)5-12-10(2)3-4-11-7-10/h6,11-12H,3-5,7H2,1-2H3. The molecule has 1 aliphatic heterocycles. The van der Waals surface area contributed by atoms with E-state index in [0.717, 1.165) is 31.0 Å². The molecular formula is C10H17N3O. The van der Waals surface area contributed by atoms with Crippen molar-refractivity contribution in [3.05, 3.63) is 17.5 Å². The van der Waals surface area contributed by atoms with E-state index < -0.39 is 0 Å². The van der Waals surface area contributed by atoms with Crippen LogP contribution in [0.2, 0.25) is 0 Å². The van der Waals surface area contributed by atoms with Crippen molar-refractivity contribution in [2.24, 2.45) is 0 Å². The lowest BCUT2D eigenvalue weighted by Gasteiger charge is -2.24. The van der Waals surface area contributed by atoms with Crippen molar-refractivity contribution in [3.63, 3.8) is 0 Å². The van der Waals surface area contributed by atoms with Gasteiger partial charge in [-0.3, -0.25) is 0 Å². The summed E-state index contributed by atoms with van der Waals surface area (Å²) in [5.74, 6) is 0.909. The van der Waals surface area contributed by atoms with Gasteiger partial charge in [0.2, 0.25) is 0 Å². The lowest BCUT2D eigenvalue weighted by molar-refractivity contribution is 0.377. The molecule has 1 unspecified atom stereocenters. The van der Waals surface area contributed by atoms with Crippen LogP contribution in [-0.2, 0) is 6.54 Å². The van der Waals surface area contributed by atoms with Crippen LogP contribution in [0.5, 0.6) is 0 Å². The average Bonchev–Trinajstić information content (AvgIpc) is 2.73. The van der Waals surface area contributed by atoms with Gasteiger partial charge in [0.25, 0.3) is 0 Å². The minimum atomic E-state index is 0.226. The summed E-state index contributed by atoms with van der Waals surface area (Å²) in [6, 6.07) is 0. The van der Waals surface area contributed by atoms with E-state index in [1.54, 1.807) is 6.20 Å². The fourth-order valence-corrected chi connectivity index (χ4v) is 1.77. The molecule has 1 atom stereocenters. The first-order chi connectivity index (χ1) is 6.70. The lowest BCUT2D eigenvalue weighted by atomic mass is 10.0. The van der Waals surface area contributed by atoms with Crippen molar-refractivity contribution >= 4 is 0 Å². The van der Waals surface area contributed by atoms with E-state index in [-0.39, 0.29) is 5.54 Å². The Bertz CT molecular complexity index is 302. The Morgan fingerprint density at radius 1 is 1.71 bits per heavy atom. The minimum absolute atomic E-state index is 0.226. The summed E-state index contributed by atoms with van der Waals surface area (Å²) in [5.41, 5.74) is 1.38. The molecule has 0 amide bonds. The first-order valence-corrected chi connectivity index (χ1v) is 5.05. The second-order valence-electron chi connectivity index (χ2n) is 4.25. The molecule has 0 spiro atoms. The first kappa shape index (κ1) is 9.68. The third-order valence-electron chi connectivity index (χ3n) is 2.92. The molecule has 78 valence electrons. The second kappa shape index (κ2) is 3.71. The van der Waals surface area contributed by atoms with Gasteiger partial charge >= 0.3 is 0 Å². The molecular weight excluding hydrogens is 178 g/mol. The SMILES string of the molecule is Cc1oncc1CNC1(C)CCNC1. The van der Waals surface area contributed by atoms with Crippen LogP contribution in [0.15, 0.2) is 10.7 Å². The molecule has 2 rings (SSSR count). The summed E-state index contributed by atoms with van der Waals surface area (Å²) >= 11 is 0. The molecule has 1 aromatic rings. The van der Waals surface area contributed by atoms with Crippen LogP contribution < -0.4 is 10.6 Å². The molecule has 1 fully saturated rings. The Labute approximate surface area is 84.0 Å². The third kappa shape index (κ3) is 1.96. The van der Waals surface area contributed by atoms with Gasteiger partial charge < -0.3 is 15.2 Å². The predicted octanol–water partition coefficient (Wildman–Crippen LogP) is 0.825. The van der Waals surface area contributed by atoms with Gasteiger partial charge in [0, 0.05) is 24.2 Å². The molecule has 1 aliphatic rings. The van der Waals surface area contributed by atoms with Crippen LogP contribution in [0.25, 0.3) is 0 Å². The number of hydrogen-bond donors (Lipinski definition) is 2. The topological polar surface area (TPSA) is 50.1 Å². The van der Waals surface area contributed by atoms with Gasteiger partial charge in [-0.25, -0.2) is 0 Å². The van der Waals surface area contributed by atoms with Crippen molar-refractivity contribution in [1.82, 2.24) is 15.8 Å². The molecule has 2 N–H and O–H groups in total. The zero-order chi connectivity index (χ0) is 10.0. The summed E-state index contributed by atoms with van der Waals surface area (Å²) in [7, 11) is 0. The van der Waals surface area contributed by atoms with Gasteiger partial charge in [0.1, 0.15) is 5.76 Å². The van der Waals surface area contributed by atoms with Gasteiger partial charge in [0.15, 0.2) is 0 Å². The van der Waals surface area contributed by atoms with Gasteiger partial charge in [-0.05, 0) is 26.8 Å². The van der Waals surface area contributed by atoms with Crippen molar-refractivity contribution < 1.29 is 4.52 Å². The highest BCUT2D eigenvalue weighted by Gasteiger charge is 2.27. The number of hydrogen-bond acceptors (Lipinski definition) is 4. The van der Waals surface area contributed by atoms with Gasteiger partial charge in [-0.2, -0.15) is 0 Å². The maximum atomic E-state index is 5.01. The van der Waals surface area contributed by atoms with Crippen molar-refractivity contribution in [2.75, 3.05) is 13.1 Å². The van der Waals surface area contributed by atoms with Crippen LogP contribution >= 0.6 is 0 Å². The van der Waals surface area contributed by atoms with Crippen molar-refractivity contribution in [1.29, 1.82) is 0 Å². The van der Waals surface area contributed by atoms with E-state index in [1.807, 2.05) is 6.92 Å². The number of nitrogens with zero attached hydrogens (tertiary/aromatic N) is 1. The number of nitrogens with one attached hydrogen (secondary N) is 2. The Hall–Kier alpha value is -0.870. The number of aromatic nitrogens is 1. The van der Waals surface area contributed by atoms with E-state index in [1.165, 1.54) is 6.42 Å². The predicted molar refractivity (Wildman–Crippen MR) is 54.0 cm³/mol. The Morgan fingerprint density at radius 3 is 3.14 bits per heavy atom. The van der Waals surface area contributed by atoms with Crippen LogP contribution in [-0.4, -0.2) is 23.8 Å². The molecule has 0 bridgehead atoms. The fourth-order valence-electron chi connectivity index (χ4n) is 1.77. The normalized spacial score (nSPS) is 27.0. The summed E-state index contributed by atoms with van der Waals surface area (Å²) in [6.45, 7) is 7.17. The maximum Gasteiger partial charge on any atom is 0.138 e. The van der Waals surface area contributed by atoms with E-state index >= 15 is 0 Å². The monoisotopic (exact) mass is 195 g/mol. The van der Waals surface area contributed by atoms with Crippen LogP contribution in [0, 0.1) is 6.92 Å². The maximum absolute atomic E-state index is 5.01. The summed E-state index contributed by atoms with van der Waals surface area (Å²) in [5, 5.41) is 10.7. The number of aryl methyl sites for hydroxylation is 1. The molecule has 0 aromatic carbocycles. The van der Waals surface area contributed by atoms with Crippen LogP contribution in [0.4, 0.5) is 0 Å². The van der Waals surface area contributed by atoms with Crippen molar-refractivity contribution in [3.8, 4) is 0 Å². The second-order valence-corrected chi connectivity index (χ2v) is 4.25. The molecule has 0 aliphatic carbocycles. The first-order valence-electron chi connectivity index (χ1n) is 5.05. The van der Waals surface area contributed by atoms with Crippen LogP contribution in [0.1, 0.15) is 24.7 Å². The van der Waals surface area contributed by atoms with Crippen LogP contribution in [0.3, 0.4) is 0 Å². The third-order valence-corrected chi connectivity index (χ3v) is 2.92. The van der Waals surface area contributed by atoms with Gasteiger partial charge in [-0.1, -0.05) is 5.16 Å². The van der Waals surface area contributed by atoms with Crippen molar-refractivity contribution in [2.45, 2.75) is 32.4 Å². The largest absolute Gasteiger partial charge is 0.361 e. The molecule has 1 aromatic heterocycles. The summed E-state index contributed by atoms with van der Waals surface area (Å²) in [6.07, 6.45) is 2.96. The highest BCUT2D eigenvalue weighted by molar-refractivity contribution is 5.11. The Balaban J connectivity index is 1.91. The smallest absolute Gasteiger partial charge is 0.138 e. The van der Waals surface area contributed by atoms with E-state index in [9.17, 15) is 0 Å². The zero-order valence-corrected chi connectivity index (χ0v) is 8.76. The Kier molecular flexibility index (Phi) is 2.56. The highest BCUT2D eigenvalue weighted by atomic mass is 16.5. The molecule has 4 heteroatoms. The fraction of sp³-hybridized carbons (Fsp3) is 0.700. The molecule has 14 heavy (non-hydrogen) atoms. The zero-order valence-electron chi connectivity index (χ0n) is 8.76. The summed E-state index contributed by atoms with van der Waals surface area (Å²) < 4.78 is 5.01. The summed E-state index contributed by atoms with van der Waals surface area (Å²) in [4.78, 5) is 0. The van der Waals surface area contributed by atoms with E-state index in [4.69, 9.17) is 4.52 Å². The van der Waals surface area contributed by atoms with Gasteiger partial charge in [0.05, 0.1) is 6.20 Å². The van der Waals surface area contributed by atoms with E-state index in [0.29, 0.717) is 0 Å². The van der Waals surface area contributed by atoms with Gasteiger partial charge in [-0.15, -0.1) is 0 Å². The quantitative estimate of drug-likeness (QED) is 0.750. The molecule has 0 radical (unpaired) electrons. The molecule has 4 nitrogen and oxygen atoms in total. The molecule has 1 saturated heterocycles. The molecule has 0 saturated carbocycles. The number of rotatable bonds is 3. The van der Waals surface area contributed by atoms with E-state index in [2.05, 4.69) is 22.7 Å². The Morgan fingerprint density at radius 2 is 2.57 bits per heavy atom. The highest BCUT2D eigenvalue weighted by Crippen LogP contribution is 2.15.